The first-order chi connectivity index (χ1) is 9.49. The number of para-hydroxylation sites is 1. The van der Waals surface area contributed by atoms with Crippen LogP contribution in [0.3, 0.4) is 0 Å². The fraction of sp³-hybridized carbons (Fsp3) is 0.429. The van der Waals surface area contributed by atoms with Crippen LogP contribution >= 0.6 is 0 Å². The third-order valence-electron chi connectivity index (χ3n) is 3.55. The van der Waals surface area contributed by atoms with Crippen LogP contribution in [0.1, 0.15) is 18.4 Å². The van der Waals surface area contributed by atoms with Gasteiger partial charge in [0.25, 0.3) is 0 Å². The minimum absolute atomic E-state index is 0.0834. The molecule has 1 aliphatic heterocycles. The van der Waals surface area contributed by atoms with Crippen molar-refractivity contribution in [3.8, 4) is 0 Å². The summed E-state index contributed by atoms with van der Waals surface area (Å²) in [5, 5.41) is 18.6. The average molecular weight is 278 g/mol. The molecule has 1 heterocycles. The molecule has 0 radical (unpaired) electrons. The third-order valence-corrected chi connectivity index (χ3v) is 3.55. The lowest BCUT2D eigenvalue weighted by Gasteiger charge is -2.21. The Balaban J connectivity index is 1.98. The van der Waals surface area contributed by atoms with E-state index in [4.69, 9.17) is 10.8 Å². The summed E-state index contributed by atoms with van der Waals surface area (Å²) in [6, 6.07) is 6.34. The van der Waals surface area contributed by atoms with Crippen LogP contribution in [0, 0.1) is 0 Å². The van der Waals surface area contributed by atoms with Gasteiger partial charge in [-0.05, 0) is 18.1 Å². The number of likely N-dealkylation sites (tertiary alicyclic amines) is 1. The van der Waals surface area contributed by atoms with Gasteiger partial charge in [0.05, 0.1) is 6.10 Å². The number of aryl methyl sites for hydroxylation is 1. The van der Waals surface area contributed by atoms with Crippen molar-refractivity contribution in [3.63, 3.8) is 0 Å². The maximum atomic E-state index is 12.1. The van der Waals surface area contributed by atoms with Crippen molar-refractivity contribution in [3.05, 3.63) is 29.8 Å². The van der Waals surface area contributed by atoms with Crippen molar-refractivity contribution in [2.45, 2.75) is 31.4 Å². The second-order valence-corrected chi connectivity index (χ2v) is 4.99. The molecular weight excluding hydrogens is 260 g/mol. The lowest BCUT2D eigenvalue weighted by atomic mass is 10.1. The number of aliphatic carboxylic acids is 1. The number of nitrogens with zero attached hydrogens (tertiary/aromatic N) is 1. The zero-order chi connectivity index (χ0) is 14.7. The van der Waals surface area contributed by atoms with Crippen LogP contribution in [0.4, 0.5) is 5.69 Å². The maximum Gasteiger partial charge on any atom is 0.326 e. The molecule has 6 nitrogen and oxygen atoms in total. The number of amides is 1. The number of β-amino-alcohol motifs (C(OH)–C–C–N with tert-alkyl or cyclic N) is 1. The smallest absolute Gasteiger partial charge is 0.326 e. The van der Waals surface area contributed by atoms with Gasteiger partial charge in [-0.15, -0.1) is 0 Å². The first kappa shape index (κ1) is 14.3. The zero-order valence-corrected chi connectivity index (χ0v) is 11.0. The van der Waals surface area contributed by atoms with Crippen LogP contribution in [-0.2, 0) is 16.0 Å². The van der Waals surface area contributed by atoms with E-state index in [-0.39, 0.29) is 25.3 Å². The lowest BCUT2D eigenvalue weighted by molar-refractivity contribution is -0.148. The van der Waals surface area contributed by atoms with E-state index in [0.29, 0.717) is 12.1 Å². The molecule has 0 aromatic heterocycles. The summed E-state index contributed by atoms with van der Waals surface area (Å²) in [5.74, 6) is -1.34. The average Bonchev–Trinajstić information content (AvgIpc) is 2.80. The summed E-state index contributed by atoms with van der Waals surface area (Å²) < 4.78 is 0. The number of nitrogen functional groups attached to an aromatic ring is 1. The number of nitrogens with two attached hydrogens (primary N) is 1. The van der Waals surface area contributed by atoms with Crippen molar-refractivity contribution in [2.24, 2.45) is 0 Å². The Morgan fingerprint density at radius 2 is 2.05 bits per heavy atom. The predicted octanol–water partition coefficient (Wildman–Crippen LogP) is 0.248. The van der Waals surface area contributed by atoms with E-state index >= 15 is 0 Å². The van der Waals surface area contributed by atoms with Crippen molar-refractivity contribution in [2.75, 3.05) is 12.3 Å². The highest BCUT2D eigenvalue weighted by molar-refractivity contribution is 5.84. The highest BCUT2D eigenvalue weighted by Gasteiger charge is 2.38. The highest BCUT2D eigenvalue weighted by atomic mass is 16.4. The summed E-state index contributed by atoms with van der Waals surface area (Å²) in [4.78, 5) is 24.4. The van der Waals surface area contributed by atoms with Crippen molar-refractivity contribution >= 4 is 17.6 Å². The number of carbonyl (C=O) groups is 2. The summed E-state index contributed by atoms with van der Waals surface area (Å²) >= 11 is 0. The molecule has 0 bridgehead atoms. The molecule has 2 rings (SSSR count). The molecule has 4 N–H and O–H groups in total. The van der Waals surface area contributed by atoms with Crippen LogP contribution in [-0.4, -0.2) is 45.7 Å². The molecule has 1 saturated heterocycles. The fourth-order valence-corrected chi connectivity index (χ4v) is 2.47. The number of hydrogen-bond acceptors (Lipinski definition) is 4. The summed E-state index contributed by atoms with van der Waals surface area (Å²) in [6.45, 7) is 0.0834. The number of aliphatic hydroxyl groups excluding tert-OH is 1. The number of aliphatic hydroxyl groups is 1. The van der Waals surface area contributed by atoms with E-state index in [1.807, 2.05) is 18.2 Å². The zero-order valence-electron chi connectivity index (χ0n) is 11.0. The monoisotopic (exact) mass is 278 g/mol. The Hall–Kier alpha value is -2.08. The van der Waals surface area contributed by atoms with Crippen molar-refractivity contribution < 1.29 is 19.8 Å². The minimum Gasteiger partial charge on any atom is -0.480 e. The molecule has 1 amide bonds. The largest absolute Gasteiger partial charge is 0.480 e. The van der Waals surface area contributed by atoms with E-state index in [2.05, 4.69) is 0 Å². The van der Waals surface area contributed by atoms with Crippen LogP contribution in [0.2, 0.25) is 0 Å². The number of anilines is 1. The minimum atomic E-state index is -1.07. The van der Waals surface area contributed by atoms with Crippen molar-refractivity contribution in [1.29, 1.82) is 0 Å². The topological polar surface area (TPSA) is 104 Å². The standard InChI is InChI=1S/C14H18N2O4/c15-11-4-2-1-3-9(11)5-6-13(18)16-8-10(17)7-12(16)14(19)20/h1-4,10,12,17H,5-8,15H2,(H,19,20)/t10?,12-/m0/s1. The molecule has 1 aliphatic rings. The second-order valence-electron chi connectivity index (χ2n) is 4.99. The molecule has 1 aromatic rings. The van der Waals surface area contributed by atoms with Gasteiger partial charge < -0.3 is 20.8 Å². The highest BCUT2D eigenvalue weighted by Crippen LogP contribution is 2.20. The molecule has 2 atom stereocenters. The predicted molar refractivity (Wildman–Crippen MR) is 72.9 cm³/mol. The Labute approximate surface area is 116 Å². The Bertz CT molecular complexity index is 518. The van der Waals surface area contributed by atoms with E-state index in [1.54, 1.807) is 6.07 Å². The molecule has 1 unspecified atom stereocenters. The molecule has 20 heavy (non-hydrogen) atoms. The van der Waals surface area contributed by atoms with Gasteiger partial charge in [0, 0.05) is 25.1 Å². The molecule has 0 aliphatic carbocycles. The Kier molecular flexibility index (Phi) is 4.24. The van der Waals surface area contributed by atoms with Gasteiger partial charge in [0.1, 0.15) is 6.04 Å². The quantitative estimate of drug-likeness (QED) is 0.685. The number of rotatable bonds is 4. The van der Waals surface area contributed by atoms with Crippen LogP contribution in [0.15, 0.2) is 24.3 Å². The number of benzene rings is 1. The normalized spacial score (nSPS) is 21.9. The number of carbonyl (C=O) groups excluding carboxylic acids is 1. The van der Waals surface area contributed by atoms with Gasteiger partial charge >= 0.3 is 5.97 Å². The molecule has 1 aromatic carbocycles. The van der Waals surface area contributed by atoms with Gasteiger partial charge in [-0.1, -0.05) is 18.2 Å². The van der Waals surface area contributed by atoms with E-state index in [1.165, 1.54) is 4.90 Å². The number of carboxylic acid groups (broad SMARTS) is 1. The van der Waals surface area contributed by atoms with Crippen LogP contribution in [0.5, 0.6) is 0 Å². The first-order valence-electron chi connectivity index (χ1n) is 6.52. The molecular formula is C14H18N2O4. The van der Waals surface area contributed by atoms with E-state index in [9.17, 15) is 14.7 Å². The fourth-order valence-electron chi connectivity index (χ4n) is 2.47. The summed E-state index contributed by atoms with van der Waals surface area (Å²) in [6.07, 6.45) is -0.0224. The van der Waals surface area contributed by atoms with Gasteiger partial charge in [0.15, 0.2) is 0 Å². The number of hydrogen-bond donors (Lipinski definition) is 3. The summed E-state index contributed by atoms with van der Waals surface area (Å²) in [5.41, 5.74) is 7.29. The molecule has 6 heteroatoms. The maximum absolute atomic E-state index is 12.1. The van der Waals surface area contributed by atoms with Crippen LogP contribution in [0.25, 0.3) is 0 Å². The molecule has 1 fully saturated rings. The molecule has 0 saturated carbocycles. The third kappa shape index (κ3) is 3.08. The van der Waals surface area contributed by atoms with Gasteiger partial charge in [-0.25, -0.2) is 4.79 Å². The second kappa shape index (κ2) is 5.92. The SMILES string of the molecule is Nc1ccccc1CCC(=O)N1CC(O)C[C@H]1C(=O)O. The van der Waals surface area contributed by atoms with E-state index in [0.717, 1.165) is 5.56 Å². The summed E-state index contributed by atoms with van der Waals surface area (Å²) in [7, 11) is 0. The first-order valence-corrected chi connectivity index (χ1v) is 6.52. The van der Waals surface area contributed by atoms with Gasteiger partial charge in [-0.2, -0.15) is 0 Å². The lowest BCUT2D eigenvalue weighted by Crippen LogP contribution is -2.40. The number of carboxylic acids is 1. The molecule has 108 valence electrons. The van der Waals surface area contributed by atoms with Gasteiger partial charge in [-0.3, -0.25) is 4.79 Å². The van der Waals surface area contributed by atoms with Gasteiger partial charge in [0.2, 0.25) is 5.91 Å². The van der Waals surface area contributed by atoms with Crippen molar-refractivity contribution in [1.82, 2.24) is 4.90 Å². The molecule has 0 spiro atoms. The Morgan fingerprint density at radius 3 is 2.70 bits per heavy atom. The Morgan fingerprint density at radius 1 is 1.35 bits per heavy atom. The van der Waals surface area contributed by atoms with Crippen LogP contribution < -0.4 is 5.73 Å². The van der Waals surface area contributed by atoms with E-state index < -0.39 is 18.1 Å².